The molecule has 160 valence electrons. The summed E-state index contributed by atoms with van der Waals surface area (Å²) >= 11 is 0. The highest BCUT2D eigenvalue weighted by Gasteiger charge is 2.33. The van der Waals surface area contributed by atoms with Crippen molar-refractivity contribution in [2.24, 2.45) is 0 Å². The van der Waals surface area contributed by atoms with Crippen LogP contribution in [0.15, 0.2) is 42.5 Å². The highest BCUT2D eigenvalue weighted by molar-refractivity contribution is 5.75. The third kappa shape index (κ3) is 4.68. The Hall–Kier alpha value is -2.78. The van der Waals surface area contributed by atoms with E-state index in [1.807, 2.05) is 31.3 Å². The van der Waals surface area contributed by atoms with E-state index in [1.54, 1.807) is 0 Å². The van der Waals surface area contributed by atoms with Gasteiger partial charge in [0.1, 0.15) is 23.4 Å². The molecule has 4 rings (SSSR count). The number of benzene rings is 2. The van der Waals surface area contributed by atoms with Crippen LogP contribution in [0.3, 0.4) is 0 Å². The minimum absolute atomic E-state index is 0.119. The number of aromatic amines is 1. The Morgan fingerprint density at radius 3 is 2.60 bits per heavy atom. The summed E-state index contributed by atoms with van der Waals surface area (Å²) in [5.41, 5.74) is 1.63. The van der Waals surface area contributed by atoms with Crippen LogP contribution in [-0.4, -0.2) is 52.6 Å². The molecule has 2 aromatic carbocycles. The van der Waals surface area contributed by atoms with E-state index in [0.29, 0.717) is 11.3 Å². The molecule has 1 aliphatic heterocycles. The number of aromatic hydroxyl groups is 1. The maximum atomic E-state index is 12.7. The Morgan fingerprint density at radius 1 is 1.17 bits per heavy atom. The minimum atomic E-state index is -4.84. The van der Waals surface area contributed by atoms with Gasteiger partial charge in [-0.25, -0.2) is 4.98 Å². The van der Waals surface area contributed by atoms with E-state index in [0.717, 1.165) is 43.6 Å². The van der Waals surface area contributed by atoms with Crippen LogP contribution in [-0.2, 0) is 4.74 Å². The lowest BCUT2D eigenvalue weighted by molar-refractivity contribution is -0.274. The zero-order valence-electron chi connectivity index (χ0n) is 16.3. The summed E-state index contributed by atoms with van der Waals surface area (Å²) in [5, 5.41) is 10.4. The van der Waals surface area contributed by atoms with E-state index in [1.165, 1.54) is 6.07 Å². The van der Waals surface area contributed by atoms with Crippen LogP contribution >= 0.6 is 0 Å². The van der Waals surface area contributed by atoms with E-state index in [2.05, 4.69) is 19.6 Å². The largest absolute Gasteiger partial charge is 0.573 e. The lowest BCUT2D eigenvalue weighted by Gasteiger charge is -2.31. The number of nitrogens with zero attached hydrogens (tertiary/aromatic N) is 2. The van der Waals surface area contributed by atoms with Gasteiger partial charge >= 0.3 is 6.36 Å². The van der Waals surface area contributed by atoms with Gasteiger partial charge in [-0.15, -0.1) is 13.2 Å². The maximum Gasteiger partial charge on any atom is 0.573 e. The van der Waals surface area contributed by atoms with Gasteiger partial charge in [-0.2, -0.15) is 0 Å². The Kier molecular flexibility index (Phi) is 5.57. The van der Waals surface area contributed by atoms with Gasteiger partial charge in [0, 0.05) is 18.7 Å². The van der Waals surface area contributed by atoms with Crippen molar-refractivity contribution in [3.63, 3.8) is 0 Å². The molecular formula is C21H22F3N3O3. The van der Waals surface area contributed by atoms with E-state index >= 15 is 0 Å². The maximum absolute atomic E-state index is 12.7. The number of likely N-dealkylation sites (tertiary alicyclic amines) is 1. The number of halogens is 3. The van der Waals surface area contributed by atoms with Crippen LogP contribution in [0.25, 0.3) is 11.0 Å². The predicted molar refractivity (Wildman–Crippen MR) is 104 cm³/mol. The van der Waals surface area contributed by atoms with E-state index in [9.17, 15) is 18.3 Å². The minimum Gasteiger partial charge on any atom is -0.508 e. The molecule has 30 heavy (non-hydrogen) atoms. The van der Waals surface area contributed by atoms with Crippen LogP contribution in [0.1, 0.15) is 30.3 Å². The van der Waals surface area contributed by atoms with Gasteiger partial charge in [0.2, 0.25) is 0 Å². The van der Waals surface area contributed by atoms with Gasteiger partial charge in [-0.05, 0) is 50.2 Å². The van der Waals surface area contributed by atoms with Crippen molar-refractivity contribution in [2.75, 3.05) is 20.1 Å². The van der Waals surface area contributed by atoms with E-state index in [4.69, 9.17) is 4.74 Å². The normalized spacial score (nSPS) is 17.3. The molecule has 0 radical (unpaired) electrons. The molecular weight excluding hydrogens is 399 g/mol. The molecule has 1 atom stereocenters. The van der Waals surface area contributed by atoms with Gasteiger partial charge in [0.25, 0.3) is 0 Å². The Bertz CT molecular complexity index is 980. The highest BCUT2D eigenvalue weighted by atomic mass is 19.4. The summed E-state index contributed by atoms with van der Waals surface area (Å²) in [7, 11) is 2.02. The van der Waals surface area contributed by atoms with Gasteiger partial charge in [0.15, 0.2) is 0 Å². The number of phenols is 1. The number of para-hydroxylation sites is 2. The molecule has 0 bridgehead atoms. The first kappa shape index (κ1) is 20.5. The molecule has 6 nitrogen and oxygen atoms in total. The smallest absolute Gasteiger partial charge is 0.508 e. The number of hydrogen-bond donors (Lipinski definition) is 2. The number of phenolic OH excluding ortho intramolecular Hbond substituents is 1. The van der Waals surface area contributed by atoms with Crippen molar-refractivity contribution >= 4 is 11.0 Å². The molecule has 1 aliphatic rings. The highest BCUT2D eigenvalue weighted by Crippen LogP contribution is 2.37. The SMILES string of the molecule is CN1CCC(OC(c2nc3ccccc3[nH]2)c2cc(OC(F)(F)F)ccc2O)CC1. The second-order valence-electron chi connectivity index (χ2n) is 7.43. The third-order valence-corrected chi connectivity index (χ3v) is 5.17. The molecule has 9 heteroatoms. The van der Waals surface area contributed by atoms with Crippen LogP contribution in [0.4, 0.5) is 13.2 Å². The zero-order chi connectivity index (χ0) is 21.3. The Balaban J connectivity index is 1.72. The summed E-state index contributed by atoms with van der Waals surface area (Å²) in [5.74, 6) is -0.208. The molecule has 1 saturated heterocycles. The first-order chi connectivity index (χ1) is 14.3. The second-order valence-corrected chi connectivity index (χ2v) is 7.43. The number of piperidine rings is 1. The number of ether oxygens (including phenoxy) is 2. The molecule has 0 saturated carbocycles. The van der Waals surface area contributed by atoms with Gasteiger partial charge in [0.05, 0.1) is 17.1 Å². The number of alkyl halides is 3. The monoisotopic (exact) mass is 421 g/mol. The zero-order valence-corrected chi connectivity index (χ0v) is 16.3. The third-order valence-electron chi connectivity index (χ3n) is 5.17. The van der Waals surface area contributed by atoms with Crippen LogP contribution in [0, 0.1) is 0 Å². The van der Waals surface area contributed by atoms with Crippen LogP contribution in [0.5, 0.6) is 11.5 Å². The summed E-state index contributed by atoms with van der Waals surface area (Å²) in [6, 6.07) is 10.8. The molecule has 2 heterocycles. The van der Waals surface area contributed by atoms with E-state index in [-0.39, 0.29) is 17.4 Å². The van der Waals surface area contributed by atoms with Crippen molar-refractivity contribution in [3.05, 3.63) is 53.9 Å². The molecule has 1 unspecified atom stereocenters. The molecule has 0 amide bonds. The molecule has 0 spiro atoms. The number of nitrogens with one attached hydrogen (secondary N) is 1. The number of rotatable bonds is 5. The average Bonchev–Trinajstić information content (AvgIpc) is 3.12. The van der Waals surface area contributed by atoms with Crippen molar-refractivity contribution in [1.82, 2.24) is 14.9 Å². The average molecular weight is 421 g/mol. The number of fused-ring (bicyclic) bond motifs is 1. The Labute approximate surface area is 171 Å². The fourth-order valence-electron chi connectivity index (χ4n) is 3.63. The lowest BCUT2D eigenvalue weighted by Crippen LogP contribution is -2.35. The quantitative estimate of drug-likeness (QED) is 0.640. The van der Waals surface area contributed by atoms with Gasteiger partial charge < -0.3 is 24.5 Å². The number of aromatic nitrogens is 2. The summed E-state index contributed by atoms with van der Waals surface area (Å²) < 4.78 is 48.5. The summed E-state index contributed by atoms with van der Waals surface area (Å²) in [4.78, 5) is 9.90. The van der Waals surface area contributed by atoms with E-state index < -0.39 is 18.2 Å². The topological polar surface area (TPSA) is 70.6 Å². The summed E-state index contributed by atoms with van der Waals surface area (Å²) in [6.07, 6.45) is -4.29. The number of hydrogen-bond acceptors (Lipinski definition) is 5. The number of H-pyrrole nitrogens is 1. The van der Waals surface area contributed by atoms with Crippen molar-refractivity contribution in [3.8, 4) is 11.5 Å². The van der Waals surface area contributed by atoms with Crippen LogP contribution in [0.2, 0.25) is 0 Å². The van der Waals surface area contributed by atoms with Crippen molar-refractivity contribution in [1.29, 1.82) is 0 Å². The van der Waals surface area contributed by atoms with Crippen LogP contribution < -0.4 is 4.74 Å². The van der Waals surface area contributed by atoms with Crippen molar-refractivity contribution < 1.29 is 27.8 Å². The molecule has 1 aromatic heterocycles. The number of imidazole rings is 1. The fraction of sp³-hybridized carbons (Fsp3) is 0.381. The molecule has 3 aromatic rings. The van der Waals surface area contributed by atoms with Crippen molar-refractivity contribution in [2.45, 2.75) is 31.4 Å². The Morgan fingerprint density at radius 2 is 1.90 bits per heavy atom. The fourth-order valence-corrected chi connectivity index (χ4v) is 3.63. The standard InChI is InChI=1S/C21H22F3N3O3/c1-27-10-8-13(9-11-27)29-19(20-25-16-4-2-3-5-17(16)26-20)15-12-14(6-7-18(15)28)30-21(22,23)24/h2-7,12-13,19,28H,8-11H2,1H3,(H,25,26). The second kappa shape index (κ2) is 8.16. The molecule has 0 aliphatic carbocycles. The van der Waals surface area contributed by atoms with Gasteiger partial charge in [-0.1, -0.05) is 12.1 Å². The predicted octanol–water partition coefficient (Wildman–Crippen LogP) is 4.37. The summed E-state index contributed by atoms with van der Waals surface area (Å²) in [6.45, 7) is 1.70. The molecule has 2 N–H and O–H groups in total. The first-order valence-corrected chi connectivity index (χ1v) is 9.66. The lowest BCUT2D eigenvalue weighted by atomic mass is 10.0. The first-order valence-electron chi connectivity index (χ1n) is 9.66. The van der Waals surface area contributed by atoms with Gasteiger partial charge in [-0.3, -0.25) is 0 Å². The molecule has 1 fully saturated rings.